The lowest BCUT2D eigenvalue weighted by atomic mass is 9.92. The number of nitrogen functional groups attached to an aromatic ring is 1. The first-order chi connectivity index (χ1) is 19.4. The van der Waals surface area contributed by atoms with Gasteiger partial charge in [0.2, 0.25) is 5.91 Å². The number of halogens is 2. The molecule has 1 aromatic heterocycles. The van der Waals surface area contributed by atoms with Crippen LogP contribution in [0, 0.1) is 5.41 Å². The number of rotatable bonds is 8. The summed E-state index contributed by atoms with van der Waals surface area (Å²) in [4.78, 5) is 31.8. The fourth-order valence-corrected chi connectivity index (χ4v) is 6.02. The molecule has 5 N–H and O–H groups in total. The summed E-state index contributed by atoms with van der Waals surface area (Å²) in [6, 6.07) is 21.2. The van der Waals surface area contributed by atoms with E-state index in [1.165, 1.54) is 0 Å². The first-order valence-corrected chi connectivity index (χ1v) is 14.0. The van der Waals surface area contributed by atoms with E-state index in [2.05, 4.69) is 45.9 Å². The topological polar surface area (TPSA) is 126 Å². The van der Waals surface area contributed by atoms with Crippen LogP contribution < -0.4 is 21.9 Å². The summed E-state index contributed by atoms with van der Waals surface area (Å²) in [5.74, 6) is -0.178. The Hall–Kier alpha value is -3.88. The number of aromatic nitrogens is 2. The number of carbonyl (C=O) groups is 1. The van der Waals surface area contributed by atoms with Crippen molar-refractivity contribution in [3.63, 3.8) is 0 Å². The van der Waals surface area contributed by atoms with Crippen LogP contribution in [-0.2, 0) is 17.8 Å². The van der Waals surface area contributed by atoms with Gasteiger partial charge in [-0.05, 0) is 54.0 Å². The van der Waals surface area contributed by atoms with Crippen LogP contribution in [0.25, 0.3) is 10.8 Å². The van der Waals surface area contributed by atoms with Gasteiger partial charge in [-0.2, -0.15) is 0 Å². The van der Waals surface area contributed by atoms with Crippen molar-refractivity contribution in [1.82, 2.24) is 14.9 Å². The van der Waals surface area contributed by atoms with Gasteiger partial charge in [0.25, 0.3) is 5.56 Å². The molecule has 0 radical (unpaired) electrons. The van der Waals surface area contributed by atoms with Crippen molar-refractivity contribution in [2.24, 2.45) is 5.73 Å². The van der Waals surface area contributed by atoms with Crippen LogP contribution in [-0.4, -0.2) is 27.3 Å². The zero-order valence-corrected chi connectivity index (χ0v) is 24.0. The summed E-state index contributed by atoms with van der Waals surface area (Å²) in [6.45, 7) is 0.291. The number of hydrogen-bond donors (Lipinski definition) is 4. The number of fused-ring (bicyclic) bond motifs is 2. The van der Waals surface area contributed by atoms with Crippen molar-refractivity contribution < 1.29 is 4.79 Å². The van der Waals surface area contributed by atoms with Crippen LogP contribution in [0.1, 0.15) is 60.0 Å². The molecule has 1 saturated carbocycles. The summed E-state index contributed by atoms with van der Waals surface area (Å²) in [7, 11) is 0. The SMILES string of the molecule is Cl.N=C(N)c1ccc(CNC(=O)[C@@H]2C[C@@H](Cc3ccc4ccccc4c3)c3c(Cl)nc(NC4CCC4)c(=O)n32)cc1. The molecule has 0 bridgehead atoms. The van der Waals surface area contributed by atoms with Gasteiger partial charge in [-0.1, -0.05) is 78.3 Å². The Morgan fingerprint density at radius 1 is 1.05 bits per heavy atom. The number of amides is 1. The summed E-state index contributed by atoms with van der Waals surface area (Å²) < 4.78 is 1.57. The molecule has 41 heavy (non-hydrogen) atoms. The average Bonchev–Trinajstić information content (AvgIpc) is 3.32. The summed E-state index contributed by atoms with van der Waals surface area (Å²) >= 11 is 6.76. The minimum Gasteiger partial charge on any atom is -0.384 e. The maximum absolute atomic E-state index is 13.7. The molecule has 0 saturated heterocycles. The zero-order valence-electron chi connectivity index (χ0n) is 22.4. The molecule has 4 aromatic rings. The molecule has 212 valence electrons. The lowest BCUT2D eigenvalue weighted by Crippen LogP contribution is -2.38. The second-order valence-electron chi connectivity index (χ2n) is 10.7. The molecule has 2 atom stereocenters. The van der Waals surface area contributed by atoms with E-state index in [0.717, 1.165) is 41.2 Å². The van der Waals surface area contributed by atoms with Gasteiger partial charge >= 0.3 is 0 Å². The van der Waals surface area contributed by atoms with Crippen LogP contribution >= 0.6 is 24.0 Å². The van der Waals surface area contributed by atoms with Gasteiger partial charge in [-0.15, -0.1) is 12.4 Å². The largest absolute Gasteiger partial charge is 0.384 e. The van der Waals surface area contributed by atoms with Crippen molar-refractivity contribution in [2.75, 3.05) is 5.32 Å². The minimum atomic E-state index is -0.702. The molecule has 1 aliphatic heterocycles. The van der Waals surface area contributed by atoms with Crippen molar-refractivity contribution in [3.05, 3.63) is 105 Å². The highest BCUT2D eigenvalue weighted by molar-refractivity contribution is 6.30. The Labute approximate surface area is 249 Å². The monoisotopic (exact) mass is 590 g/mol. The Morgan fingerprint density at radius 2 is 1.76 bits per heavy atom. The van der Waals surface area contributed by atoms with Crippen LogP contribution in [0.15, 0.2) is 71.5 Å². The second-order valence-corrected chi connectivity index (χ2v) is 11.1. The van der Waals surface area contributed by atoms with E-state index in [-0.39, 0.29) is 52.6 Å². The lowest BCUT2D eigenvalue weighted by molar-refractivity contribution is -0.124. The Kier molecular flexibility index (Phi) is 8.33. The van der Waals surface area contributed by atoms with E-state index in [9.17, 15) is 9.59 Å². The third-order valence-corrected chi connectivity index (χ3v) is 8.36. The highest BCUT2D eigenvalue weighted by Gasteiger charge is 2.39. The van der Waals surface area contributed by atoms with Crippen LogP contribution in [0.5, 0.6) is 0 Å². The van der Waals surface area contributed by atoms with Crippen LogP contribution in [0.2, 0.25) is 5.15 Å². The summed E-state index contributed by atoms with van der Waals surface area (Å²) in [5, 5.41) is 16.4. The molecule has 1 fully saturated rings. The van der Waals surface area contributed by atoms with Crippen LogP contribution in [0.4, 0.5) is 5.82 Å². The maximum Gasteiger partial charge on any atom is 0.294 e. The van der Waals surface area contributed by atoms with E-state index in [1.807, 2.05) is 24.3 Å². The highest BCUT2D eigenvalue weighted by atomic mass is 35.5. The van der Waals surface area contributed by atoms with Gasteiger partial charge in [0.15, 0.2) is 11.0 Å². The van der Waals surface area contributed by atoms with Gasteiger partial charge in [-0.3, -0.25) is 19.6 Å². The number of carbonyl (C=O) groups excluding carboxylic acids is 1. The van der Waals surface area contributed by atoms with E-state index in [0.29, 0.717) is 30.6 Å². The highest BCUT2D eigenvalue weighted by Crippen LogP contribution is 2.41. The predicted octanol–water partition coefficient (Wildman–Crippen LogP) is 5.31. The van der Waals surface area contributed by atoms with Gasteiger partial charge in [-0.25, -0.2) is 4.98 Å². The van der Waals surface area contributed by atoms with E-state index in [1.54, 1.807) is 16.7 Å². The van der Waals surface area contributed by atoms with E-state index >= 15 is 0 Å². The Bertz CT molecular complexity index is 1670. The van der Waals surface area contributed by atoms with E-state index < -0.39 is 6.04 Å². The molecule has 0 spiro atoms. The molecular weight excluding hydrogens is 559 g/mol. The molecule has 1 amide bonds. The minimum absolute atomic E-state index is 0. The molecule has 3 aromatic carbocycles. The zero-order chi connectivity index (χ0) is 27.8. The first kappa shape index (κ1) is 28.6. The van der Waals surface area contributed by atoms with Crippen molar-refractivity contribution >= 4 is 52.3 Å². The number of amidine groups is 1. The van der Waals surface area contributed by atoms with E-state index in [4.69, 9.17) is 22.7 Å². The fraction of sp³-hybridized carbons (Fsp3) is 0.290. The van der Waals surface area contributed by atoms with Crippen LogP contribution in [0.3, 0.4) is 0 Å². The number of benzene rings is 3. The normalized spacial score (nSPS) is 17.8. The molecule has 2 heterocycles. The molecule has 0 unspecified atom stereocenters. The standard InChI is InChI=1S/C31H31ClN6O2.ClH/c32-27-26-23(15-19-10-11-20-4-1-2-5-22(20)14-19)16-25(38(26)31(40)29(37-27)36-24-6-3-7-24)30(39)35-17-18-8-12-21(13-9-18)28(33)34;/h1-2,4-5,8-14,23-25H,3,6-7,15-17H2,(H3,33,34)(H,35,39)(H,36,37);1H/t23-,25+;/m1./s1. The number of anilines is 1. The van der Waals surface area contributed by atoms with Gasteiger partial charge in [0, 0.05) is 24.1 Å². The Balaban J connectivity index is 0.00000337. The second kappa shape index (κ2) is 11.9. The molecule has 2 aliphatic rings. The molecular formula is C31H32Cl2N6O2. The molecule has 8 nitrogen and oxygen atoms in total. The van der Waals surface area contributed by atoms with Gasteiger partial charge < -0.3 is 16.4 Å². The number of nitrogens with two attached hydrogens (primary N) is 1. The maximum atomic E-state index is 13.7. The summed E-state index contributed by atoms with van der Waals surface area (Å²) in [6.07, 6.45) is 4.17. The van der Waals surface area contributed by atoms with Crippen molar-refractivity contribution in [3.8, 4) is 0 Å². The third-order valence-electron chi connectivity index (χ3n) is 8.08. The van der Waals surface area contributed by atoms with Crippen molar-refractivity contribution in [2.45, 2.75) is 56.7 Å². The number of nitrogens with one attached hydrogen (secondary N) is 3. The number of hydrogen-bond acceptors (Lipinski definition) is 5. The number of nitrogens with zero attached hydrogens (tertiary/aromatic N) is 2. The van der Waals surface area contributed by atoms with Gasteiger partial charge in [0.05, 0.1) is 5.69 Å². The van der Waals surface area contributed by atoms with Crippen molar-refractivity contribution in [1.29, 1.82) is 5.41 Å². The predicted molar refractivity (Wildman–Crippen MR) is 165 cm³/mol. The Morgan fingerprint density at radius 3 is 2.44 bits per heavy atom. The fourth-order valence-electron chi connectivity index (χ4n) is 5.69. The molecule has 6 rings (SSSR count). The molecule has 1 aliphatic carbocycles. The third kappa shape index (κ3) is 5.80. The average molecular weight is 592 g/mol. The lowest BCUT2D eigenvalue weighted by Gasteiger charge is -2.27. The summed E-state index contributed by atoms with van der Waals surface area (Å²) in [5.41, 5.74) is 8.47. The quantitative estimate of drug-likeness (QED) is 0.163. The smallest absolute Gasteiger partial charge is 0.294 e. The molecule has 10 heteroatoms. The first-order valence-electron chi connectivity index (χ1n) is 13.6. The van der Waals surface area contributed by atoms with Gasteiger partial charge in [0.1, 0.15) is 11.9 Å².